The second kappa shape index (κ2) is 8.68. The smallest absolute Gasteiger partial charge is 0.451 e. The maximum absolute atomic E-state index is 13.0. The first-order valence-electron chi connectivity index (χ1n) is 9.39. The molecule has 0 unspecified atom stereocenters. The summed E-state index contributed by atoms with van der Waals surface area (Å²) in [4.78, 5) is 35.1. The molecule has 7 nitrogen and oxygen atoms in total. The van der Waals surface area contributed by atoms with Crippen LogP contribution in [0, 0.1) is 0 Å². The van der Waals surface area contributed by atoms with Crippen molar-refractivity contribution in [2.45, 2.75) is 32.0 Å². The van der Waals surface area contributed by atoms with Crippen LogP contribution < -0.4 is 9.64 Å². The van der Waals surface area contributed by atoms with Crippen LogP contribution in [0.15, 0.2) is 36.7 Å². The van der Waals surface area contributed by atoms with Crippen molar-refractivity contribution < 1.29 is 27.5 Å². The number of carbonyl (C=O) groups excluding carboxylic acids is 2. The fourth-order valence-electron chi connectivity index (χ4n) is 3.34. The van der Waals surface area contributed by atoms with Gasteiger partial charge in [-0.1, -0.05) is 25.5 Å². The number of Topliss-reactive ketones (excluding diaryl/α,β-unsaturated/α-hetero) is 1. The fourth-order valence-corrected chi connectivity index (χ4v) is 3.34. The molecule has 1 atom stereocenters. The molecule has 1 aliphatic heterocycles. The Balaban J connectivity index is 1.80. The number of halogens is 3. The van der Waals surface area contributed by atoms with E-state index in [1.54, 1.807) is 24.3 Å². The Morgan fingerprint density at radius 2 is 1.97 bits per heavy atom. The highest BCUT2D eigenvalue weighted by molar-refractivity contribution is 6.02. The first-order valence-corrected chi connectivity index (χ1v) is 9.39. The van der Waals surface area contributed by atoms with E-state index < -0.39 is 18.0 Å². The minimum atomic E-state index is -4.66. The van der Waals surface area contributed by atoms with Crippen molar-refractivity contribution in [3.8, 4) is 5.75 Å². The Hall–Kier alpha value is -3.17. The number of hydrogen-bond donors (Lipinski definition) is 0. The fraction of sp³-hybridized carbons (Fsp3) is 0.400. The lowest BCUT2D eigenvalue weighted by molar-refractivity contribution is -0.144. The maximum atomic E-state index is 13.0. The van der Waals surface area contributed by atoms with Gasteiger partial charge in [-0.3, -0.25) is 9.69 Å². The molecule has 0 radical (unpaired) electrons. The van der Waals surface area contributed by atoms with E-state index in [2.05, 4.69) is 9.97 Å². The first-order chi connectivity index (χ1) is 14.2. The number of amides is 2. The molecule has 1 aromatic heterocycles. The summed E-state index contributed by atoms with van der Waals surface area (Å²) in [7, 11) is 1.49. The summed E-state index contributed by atoms with van der Waals surface area (Å²) >= 11 is 0. The Kier molecular flexibility index (Phi) is 6.23. The van der Waals surface area contributed by atoms with E-state index >= 15 is 0 Å². The molecule has 160 valence electrons. The number of methoxy groups -OCH3 is 1. The molecule has 1 fully saturated rings. The van der Waals surface area contributed by atoms with Crippen LogP contribution in [0.5, 0.6) is 5.75 Å². The van der Waals surface area contributed by atoms with Crippen molar-refractivity contribution in [1.82, 2.24) is 14.9 Å². The van der Waals surface area contributed by atoms with Gasteiger partial charge >= 0.3 is 12.2 Å². The predicted molar refractivity (Wildman–Crippen MR) is 103 cm³/mol. The number of anilines is 1. The molecule has 1 aromatic carbocycles. The van der Waals surface area contributed by atoms with Gasteiger partial charge < -0.3 is 9.64 Å². The van der Waals surface area contributed by atoms with Gasteiger partial charge in [0.25, 0.3) is 0 Å². The third-order valence-corrected chi connectivity index (χ3v) is 4.84. The molecule has 1 aliphatic rings. The third kappa shape index (κ3) is 4.52. The van der Waals surface area contributed by atoms with Gasteiger partial charge in [-0.25, -0.2) is 14.8 Å². The van der Waals surface area contributed by atoms with E-state index in [1.807, 2.05) is 6.92 Å². The van der Waals surface area contributed by atoms with Crippen LogP contribution in [-0.4, -0.2) is 52.9 Å². The van der Waals surface area contributed by atoms with Crippen LogP contribution in [-0.2, 0) is 6.18 Å². The summed E-state index contributed by atoms with van der Waals surface area (Å²) in [6.07, 6.45) is -1.28. The van der Waals surface area contributed by atoms with Gasteiger partial charge in [0, 0.05) is 12.1 Å². The molecule has 3 rings (SSSR count). The lowest BCUT2D eigenvalue weighted by Gasteiger charge is -2.22. The quantitative estimate of drug-likeness (QED) is 0.635. The van der Waals surface area contributed by atoms with Gasteiger partial charge in [-0.15, -0.1) is 0 Å². The van der Waals surface area contributed by atoms with Crippen molar-refractivity contribution in [2.75, 3.05) is 25.1 Å². The second-order valence-electron chi connectivity index (χ2n) is 6.88. The highest BCUT2D eigenvalue weighted by Gasteiger charge is 2.40. The lowest BCUT2D eigenvalue weighted by atomic mass is 10.1. The Morgan fingerprint density at radius 3 is 2.57 bits per heavy atom. The lowest BCUT2D eigenvalue weighted by Crippen LogP contribution is -2.39. The first kappa shape index (κ1) is 21.5. The second-order valence-corrected chi connectivity index (χ2v) is 6.88. The van der Waals surface area contributed by atoms with E-state index in [9.17, 15) is 22.8 Å². The largest absolute Gasteiger partial charge is 0.497 e. The molecular weight excluding hydrogens is 401 g/mol. The third-order valence-electron chi connectivity index (χ3n) is 4.84. The molecule has 30 heavy (non-hydrogen) atoms. The topological polar surface area (TPSA) is 75.6 Å². The number of rotatable bonds is 7. The standard InChI is InChI=1S/C20H21F3N4O3/c1-3-5-14-11-26(15-9-24-18(25-10-15)20(21,22)23)19(29)27(14)12-17(28)13-6-4-7-16(8-13)30-2/h4,6-10,14H,3,5,11-12H2,1-2H3/t14-/m0/s1. The van der Waals surface area contributed by atoms with Gasteiger partial charge in [0.2, 0.25) is 5.82 Å². The zero-order chi connectivity index (χ0) is 21.9. The zero-order valence-corrected chi connectivity index (χ0v) is 16.5. The van der Waals surface area contributed by atoms with Crippen molar-refractivity contribution in [3.63, 3.8) is 0 Å². The predicted octanol–water partition coefficient (Wildman–Crippen LogP) is 3.80. The van der Waals surface area contributed by atoms with Crippen molar-refractivity contribution in [3.05, 3.63) is 48.0 Å². The number of benzene rings is 1. The summed E-state index contributed by atoms with van der Waals surface area (Å²) in [5.74, 6) is -0.996. The number of urea groups is 1. The molecular formula is C20H21F3N4O3. The monoisotopic (exact) mass is 422 g/mol. The molecule has 0 saturated carbocycles. The summed E-state index contributed by atoms with van der Waals surface area (Å²) in [5, 5.41) is 0. The summed E-state index contributed by atoms with van der Waals surface area (Å²) in [6.45, 7) is 2.05. The summed E-state index contributed by atoms with van der Waals surface area (Å²) in [5.41, 5.74) is 0.569. The SMILES string of the molecule is CCC[C@H]1CN(c2cnc(C(F)(F)F)nc2)C(=O)N1CC(=O)c1cccc(OC)c1. The van der Waals surface area contributed by atoms with Crippen molar-refractivity contribution in [2.24, 2.45) is 0 Å². The van der Waals surface area contributed by atoms with E-state index in [4.69, 9.17) is 4.74 Å². The van der Waals surface area contributed by atoms with Gasteiger partial charge in [0.1, 0.15) is 5.75 Å². The van der Waals surface area contributed by atoms with Crippen LogP contribution in [0.2, 0.25) is 0 Å². The molecule has 2 heterocycles. The number of nitrogens with zero attached hydrogens (tertiary/aromatic N) is 4. The Labute approximate surface area is 171 Å². The molecule has 0 N–H and O–H groups in total. The molecule has 10 heteroatoms. The minimum absolute atomic E-state index is 0.144. The van der Waals surface area contributed by atoms with Crippen LogP contribution in [0.3, 0.4) is 0 Å². The number of hydrogen-bond acceptors (Lipinski definition) is 5. The molecule has 1 saturated heterocycles. The number of ketones is 1. The average molecular weight is 422 g/mol. The Morgan fingerprint density at radius 1 is 1.27 bits per heavy atom. The van der Waals surface area contributed by atoms with E-state index in [-0.39, 0.29) is 30.6 Å². The molecule has 0 spiro atoms. The van der Waals surface area contributed by atoms with Gasteiger partial charge in [-0.05, 0) is 18.6 Å². The number of carbonyl (C=O) groups is 2. The Bertz CT molecular complexity index is 918. The number of aromatic nitrogens is 2. The van der Waals surface area contributed by atoms with Gasteiger partial charge in [0.15, 0.2) is 5.78 Å². The molecule has 0 aliphatic carbocycles. The van der Waals surface area contributed by atoms with E-state index in [0.29, 0.717) is 17.7 Å². The summed E-state index contributed by atoms with van der Waals surface area (Å²) < 4.78 is 43.2. The minimum Gasteiger partial charge on any atom is -0.497 e. The van der Waals surface area contributed by atoms with Gasteiger partial charge in [-0.2, -0.15) is 13.2 Å². The van der Waals surface area contributed by atoms with Crippen LogP contribution in [0.25, 0.3) is 0 Å². The van der Waals surface area contributed by atoms with Gasteiger partial charge in [0.05, 0.1) is 37.8 Å². The average Bonchev–Trinajstić information content (AvgIpc) is 3.03. The van der Waals surface area contributed by atoms with Crippen molar-refractivity contribution in [1.29, 1.82) is 0 Å². The highest BCUT2D eigenvalue weighted by atomic mass is 19.4. The maximum Gasteiger partial charge on any atom is 0.451 e. The zero-order valence-electron chi connectivity index (χ0n) is 16.5. The van der Waals surface area contributed by atoms with Crippen molar-refractivity contribution >= 4 is 17.5 Å². The molecule has 2 aromatic rings. The highest BCUT2D eigenvalue weighted by Crippen LogP contribution is 2.29. The molecule has 0 bridgehead atoms. The number of ether oxygens (including phenoxy) is 1. The normalized spacial score (nSPS) is 16.8. The van der Waals surface area contributed by atoms with E-state index in [0.717, 1.165) is 18.8 Å². The van der Waals surface area contributed by atoms with Crippen LogP contribution in [0.4, 0.5) is 23.7 Å². The van der Waals surface area contributed by atoms with Crippen LogP contribution in [0.1, 0.15) is 35.9 Å². The molecule has 2 amide bonds. The number of alkyl halides is 3. The van der Waals surface area contributed by atoms with Crippen LogP contribution >= 0.6 is 0 Å². The van der Waals surface area contributed by atoms with E-state index in [1.165, 1.54) is 16.9 Å². The summed E-state index contributed by atoms with van der Waals surface area (Å²) in [6, 6.07) is 5.92.